The molecule has 0 heterocycles. The van der Waals surface area contributed by atoms with Crippen LogP contribution in [0.4, 0.5) is 0 Å². The highest BCUT2D eigenvalue weighted by atomic mass is 127. The van der Waals surface area contributed by atoms with Gasteiger partial charge in [0.25, 0.3) is 0 Å². The molecule has 0 amide bonds. The molecule has 0 radical (unpaired) electrons. The Kier molecular flexibility index (Phi) is 10.6. The summed E-state index contributed by atoms with van der Waals surface area (Å²) in [7, 11) is 0. The molecule has 0 saturated heterocycles. The molecule has 0 aliphatic heterocycles. The van der Waals surface area contributed by atoms with E-state index in [1.54, 1.807) is 0 Å². The molecule has 0 aliphatic rings. The van der Waals surface area contributed by atoms with Crippen LogP contribution in [0.1, 0.15) is 32.6 Å². The molecule has 14 heavy (non-hydrogen) atoms. The number of carbonyl (C=O) groups is 1. The molecule has 0 aromatic carbocycles. The average molecular weight is 534 g/mol. The Labute approximate surface area is 126 Å². The molecular weight excluding hydrogens is 521 g/mol. The van der Waals surface area contributed by atoms with E-state index in [0.717, 1.165) is 24.4 Å². The maximum Gasteiger partial charge on any atom is 0.306 e. The summed E-state index contributed by atoms with van der Waals surface area (Å²) in [5, 5.41) is 0. The van der Waals surface area contributed by atoms with Crippen molar-refractivity contribution in [3.63, 3.8) is 0 Å². The van der Waals surface area contributed by atoms with E-state index in [9.17, 15) is 4.79 Å². The van der Waals surface area contributed by atoms with Gasteiger partial charge in [-0.3, -0.25) is 4.79 Å². The van der Waals surface area contributed by atoms with Crippen LogP contribution in [-0.4, -0.2) is 12.6 Å². The number of carbonyl (C=O) groups excluding carboxylic acids is 1. The van der Waals surface area contributed by atoms with Crippen molar-refractivity contribution in [1.82, 2.24) is 0 Å². The molecule has 0 spiro atoms. The molecular formula is C9H13I3O2. The Morgan fingerprint density at radius 2 is 1.86 bits per heavy atom. The van der Waals surface area contributed by atoms with Gasteiger partial charge < -0.3 is 4.74 Å². The number of halogens is 3. The molecule has 0 aromatic rings. The van der Waals surface area contributed by atoms with Gasteiger partial charge in [0.15, 0.2) is 0 Å². The highest BCUT2D eigenvalue weighted by Crippen LogP contribution is 2.25. The third-order valence-corrected chi connectivity index (χ3v) is 5.77. The first-order valence-electron chi connectivity index (χ1n) is 4.43. The van der Waals surface area contributed by atoms with Crippen molar-refractivity contribution in [2.75, 3.05) is 6.61 Å². The minimum absolute atomic E-state index is 0.0818. The van der Waals surface area contributed by atoms with E-state index in [1.165, 1.54) is 0 Å². The summed E-state index contributed by atoms with van der Waals surface area (Å²) in [4.78, 5) is 11.2. The van der Waals surface area contributed by atoms with E-state index in [2.05, 4.69) is 74.7 Å². The zero-order chi connectivity index (χ0) is 11.0. The highest BCUT2D eigenvalue weighted by molar-refractivity contribution is 14.2. The maximum absolute atomic E-state index is 11.2. The van der Waals surface area contributed by atoms with Crippen LogP contribution in [0.15, 0.2) is 5.17 Å². The van der Waals surface area contributed by atoms with Crippen LogP contribution < -0.4 is 0 Å². The molecule has 0 N–H and O–H groups in total. The summed E-state index contributed by atoms with van der Waals surface area (Å²) in [6.45, 7) is 2.54. The van der Waals surface area contributed by atoms with Crippen molar-refractivity contribution in [2.24, 2.45) is 0 Å². The predicted molar refractivity (Wildman–Crippen MR) is 84.2 cm³/mol. The summed E-state index contributed by atoms with van der Waals surface area (Å²) in [5.41, 5.74) is 0. The lowest BCUT2D eigenvalue weighted by atomic mass is 10.2. The molecule has 0 aromatic heterocycles. The molecule has 0 bridgehead atoms. The molecule has 0 atom stereocenters. The highest BCUT2D eigenvalue weighted by Gasteiger charge is 2.04. The standard InChI is InChI=1S/C9H13I3O2/c1-2-3-4-5-8(13)14-6-7(10)9(11)12/h2-6H2,1H3. The molecule has 0 aliphatic carbocycles. The normalized spacial score (nSPS) is 9.71. The van der Waals surface area contributed by atoms with Gasteiger partial charge in [0.2, 0.25) is 0 Å². The van der Waals surface area contributed by atoms with Gasteiger partial charge >= 0.3 is 5.97 Å². The van der Waals surface area contributed by atoms with Crippen molar-refractivity contribution >= 4 is 73.7 Å². The van der Waals surface area contributed by atoms with Crippen LogP contribution in [0.25, 0.3) is 0 Å². The SMILES string of the molecule is CCCCCC(=O)OCC(I)=C(I)I. The van der Waals surface area contributed by atoms with Crippen molar-refractivity contribution in [1.29, 1.82) is 0 Å². The first-order valence-corrected chi connectivity index (χ1v) is 7.66. The fourth-order valence-electron chi connectivity index (χ4n) is 0.790. The Balaban J connectivity index is 3.59. The second-order valence-corrected chi connectivity index (χ2v) is 8.31. The summed E-state index contributed by atoms with van der Waals surface area (Å²) in [6.07, 6.45) is 3.73. The van der Waals surface area contributed by atoms with Gasteiger partial charge in [-0.15, -0.1) is 0 Å². The summed E-state index contributed by atoms with van der Waals surface area (Å²) in [5.74, 6) is -0.0818. The first kappa shape index (κ1) is 15.4. The van der Waals surface area contributed by atoms with Gasteiger partial charge in [-0.1, -0.05) is 19.8 Å². The lowest BCUT2D eigenvalue weighted by Gasteiger charge is -2.03. The topological polar surface area (TPSA) is 26.3 Å². The monoisotopic (exact) mass is 534 g/mol. The van der Waals surface area contributed by atoms with Crippen molar-refractivity contribution in [3.8, 4) is 0 Å². The Morgan fingerprint density at radius 3 is 2.36 bits per heavy atom. The number of esters is 1. The van der Waals surface area contributed by atoms with Crippen LogP contribution >= 0.6 is 67.8 Å². The molecule has 82 valence electrons. The van der Waals surface area contributed by atoms with Gasteiger partial charge in [0.05, 0.1) is 1.59 Å². The fourth-order valence-corrected chi connectivity index (χ4v) is 1.26. The Bertz CT molecular complexity index is 210. The van der Waals surface area contributed by atoms with Gasteiger partial charge in [0, 0.05) is 10.0 Å². The van der Waals surface area contributed by atoms with Gasteiger partial charge in [0.1, 0.15) is 6.61 Å². The van der Waals surface area contributed by atoms with Gasteiger partial charge in [-0.25, -0.2) is 0 Å². The Hall–Kier alpha value is 1.40. The maximum atomic E-state index is 11.2. The number of hydrogen-bond donors (Lipinski definition) is 0. The quantitative estimate of drug-likeness (QED) is 0.284. The number of hydrogen-bond acceptors (Lipinski definition) is 2. The second kappa shape index (κ2) is 9.61. The van der Waals surface area contributed by atoms with E-state index < -0.39 is 0 Å². The predicted octanol–water partition coefficient (Wildman–Crippen LogP) is 4.58. The molecule has 5 heteroatoms. The summed E-state index contributed by atoms with van der Waals surface area (Å²) < 4.78 is 7.34. The fraction of sp³-hybridized carbons (Fsp3) is 0.667. The number of rotatable bonds is 6. The third kappa shape index (κ3) is 8.69. The molecule has 0 fully saturated rings. The van der Waals surface area contributed by atoms with E-state index in [-0.39, 0.29) is 5.97 Å². The van der Waals surface area contributed by atoms with E-state index in [0.29, 0.717) is 13.0 Å². The largest absolute Gasteiger partial charge is 0.460 e. The van der Waals surface area contributed by atoms with Crippen LogP contribution in [0.5, 0.6) is 0 Å². The van der Waals surface area contributed by atoms with Crippen molar-refractivity contribution in [3.05, 3.63) is 5.17 Å². The third-order valence-electron chi connectivity index (χ3n) is 1.55. The van der Waals surface area contributed by atoms with Crippen molar-refractivity contribution in [2.45, 2.75) is 32.6 Å². The zero-order valence-electron chi connectivity index (χ0n) is 7.99. The molecule has 0 unspecified atom stereocenters. The van der Waals surface area contributed by atoms with E-state index in [4.69, 9.17) is 4.74 Å². The molecule has 2 nitrogen and oxygen atoms in total. The smallest absolute Gasteiger partial charge is 0.306 e. The van der Waals surface area contributed by atoms with Crippen LogP contribution in [0.3, 0.4) is 0 Å². The van der Waals surface area contributed by atoms with Crippen LogP contribution in [-0.2, 0) is 9.53 Å². The van der Waals surface area contributed by atoms with Crippen LogP contribution in [0.2, 0.25) is 0 Å². The Morgan fingerprint density at radius 1 is 1.21 bits per heavy atom. The summed E-state index contributed by atoms with van der Waals surface area (Å²) in [6, 6.07) is 0. The summed E-state index contributed by atoms with van der Waals surface area (Å²) >= 11 is 6.63. The average Bonchev–Trinajstić information content (AvgIpc) is 2.14. The number of ether oxygens (including phenoxy) is 1. The second-order valence-electron chi connectivity index (χ2n) is 2.78. The van der Waals surface area contributed by atoms with E-state index >= 15 is 0 Å². The minimum atomic E-state index is -0.0818. The first-order chi connectivity index (χ1) is 6.57. The lowest BCUT2D eigenvalue weighted by Crippen LogP contribution is -2.05. The molecule has 0 rings (SSSR count). The molecule has 0 saturated carbocycles. The van der Waals surface area contributed by atoms with Crippen molar-refractivity contribution < 1.29 is 9.53 Å². The zero-order valence-corrected chi connectivity index (χ0v) is 14.5. The van der Waals surface area contributed by atoms with Crippen LogP contribution in [0, 0.1) is 0 Å². The van der Waals surface area contributed by atoms with E-state index in [1.807, 2.05) is 0 Å². The van der Waals surface area contributed by atoms with Gasteiger partial charge in [-0.2, -0.15) is 0 Å². The minimum Gasteiger partial charge on any atom is -0.460 e. The van der Waals surface area contributed by atoms with Gasteiger partial charge in [-0.05, 0) is 74.2 Å². The number of unbranched alkanes of at least 4 members (excludes halogenated alkanes) is 2. The lowest BCUT2D eigenvalue weighted by molar-refractivity contribution is -0.142.